The van der Waals surface area contributed by atoms with Crippen LogP contribution >= 0.6 is 22.9 Å². The van der Waals surface area contributed by atoms with Gasteiger partial charge in [0.25, 0.3) is 5.92 Å². The molecule has 262 valence electrons. The number of hydrogen-bond donors (Lipinski definition) is 1. The first-order chi connectivity index (χ1) is 23.8. The van der Waals surface area contributed by atoms with E-state index in [9.17, 15) is 23.2 Å². The van der Waals surface area contributed by atoms with E-state index in [2.05, 4.69) is 9.88 Å². The normalized spacial score (nSPS) is 23.3. The highest BCUT2D eigenvalue weighted by atomic mass is 35.5. The SMILES string of the molecule is CC(Oc1nc(N2CCOC3(CN(C(=O)C4CC4(F)F)C3)C2)c2cc(Cl)c(-c3ccc(F)c4sc(N)c(C#N)c34)c(F)c2n1)[C@@H]1CCCN1C. The van der Waals surface area contributed by atoms with E-state index < -0.39 is 41.4 Å². The third kappa shape index (κ3) is 5.30. The second kappa shape index (κ2) is 11.8. The molecule has 1 aliphatic carbocycles. The Balaban J connectivity index is 1.22. The molecule has 1 amide bonds. The number of nitriles is 1. The van der Waals surface area contributed by atoms with Crippen molar-refractivity contribution in [1.29, 1.82) is 5.26 Å². The third-order valence-electron chi connectivity index (χ3n) is 10.4. The summed E-state index contributed by atoms with van der Waals surface area (Å²) in [6.45, 7) is 3.93. The number of fused-ring (bicyclic) bond motifs is 2. The minimum Gasteiger partial charge on any atom is -0.459 e. The first-order valence-electron chi connectivity index (χ1n) is 16.3. The van der Waals surface area contributed by atoms with Crippen LogP contribution in [0.5, 0.6) is 6.01 Å². The van der Waals surface area contributed by atoms with Crippen LogP contribution in [0, 0.1) is 28.9 Å². The molecule has 1 saturated carbocycles. The van der Waals surface area contributed by atoms with Gasteiger partial charge in [0.1, 0.15) is 45.8 Å². The number of rotatable bonds is 6. The van der Waals surface area contributed by atoms with Crippen molar-refractivity contribution >= 4 is 60.7 Å². The highest BCUT2D eigenvalue weighted by molar-refractivity contribution is 7.23. The van der Waals surface area contributed by atoms with Gasteiger partial charge in [-0.15, -0.1) is 11.3 Å². The maximum Gasteiger partial charge on any atom is 0.319 e. The van der Waals surface area contributed by atoms with Gasteiger partial charge in [-0.2, -0.15) is 15.2 Å². The minimum absolute atomic E-state index is 0.0222. The number of nitrogen functional groups attached to an aromatic ring is 1. The van der Waals surface area contributed by atoms with Gasteiger partial charge in [0.2, 0.25) is 5.91 Å². The molecule has 2 N–H and O–H groups in total. The summed E-state index contributed by atoms with van der Waals surface area (Å²) in [5.41, 5.74) is 5.26. The van der Waals surface area contributed by atoms with Crippen molar-refractivity contribution in [3.05, 3.63) is 40.4 Å². The number of carbonyl (C=O) groups excluding carboxylic acids is 1. The molecule has 8 rings (SSSR count). The van der Waals surface area contributed by atoms with E-state index in [0.29, 0.717) is 12.4 Å². The summed E-state index contributed by atoms with van der Waals surface area (Å²) in [5, 5.41) is 10.4. The van der Waals surface area contributed by atoms with Crippen molar-refractivity contribution in [3.63, 3.8) is 0 Å². The fourth-order valence-electron chi connectivity index (χ4n) is 7.71. The molecule has 3 saturated heterocycles. The van der Waals surface area contributed by atoms with Crippen LogP contribution in [-0.2, 0) is 9.53 Å². The molecule has 1 spiro atoms. The van der Waals surface area contributed by atoms with Crippen LogP contribution < -0.4 is 15.4 Å². The third-order valence-corrected chi connectivity index (χ3v) is 11.7. The van der Waals surface area contributed by atoms with Gasteiger partial charge in [-0.25, -0.2) is 17.6 Å². The zero-order chi connectivity index (χ0) is 35.3. The van der Waals surface area contributed by atoms with Gasteiger partial charge in [-0.1, -0.05) is 17.7 Å². The highest BCUT2D eigenvalue weighted by Crippen LogP contribution is 2.51. The maximum atomic E-state index is 17.0. The Morgan fingerprint density at radius 3 is 2.68 bits per heavy atom. The number of nitrogens with zero attached hydrogens (tertiary/aromatic N) is 6. The number of benzene rings is 2. The van der Waals surface area contributed by atoms with Crippen LogP contribution in [0.2, 0.25) is 5.02 Å². The van der Waals surface area contributed by atoms with Gasteiger partial charge in [-0.05, 0) is 51.1 Å². The first kappa shape index (κ1) is 33.2. The molecule has 4 fully saturated rings. The molecule has 4 aromatic rings. The molecule has 0 bridgehead atoms. The Morgan fingerprint density at radius 2 is 2.00 bits per heavy atom. The van der Waals surface area contributed by atoms with Crippen molar-refractivity contribution in [2.45, 2.75) is 49.9 Å². The van der Waals surface area contributed by atoms with E-state index in [1.54, 1.807) is 0 Å². The Labute approximate surface area is 293 Å². The summed E-state index contributed by atoms with van der Waals surface area (Å²) < 4.78 is 71.7. The summed E-state index contributed by atoms with van der Waals surface area (Å²) >= 11 is 7.74. The van der Waals surface area contributed by atoms with Crippen LogP contribution in [0.4, 0.5) is 28.4 Å². The zero-order valence-corrected chi connectivity index (χ0v) is 28.7. The summed E-state index contributed by atoms with van der Waals surface area (Å²) in [7, 11) is 2.01. The van der Waals surface area contributed by atoms with Gasteiger partial charge < -0.3 is 25.0 Å². The van der Waals surface area contributed by atoms with Gasteiger partial charge in [-0.3, -0.25) is 9.69 Å². The molecule has 3 aliphatic heterocycles. The first-order valence-corrected chi connectivity index (χ1v) is 17.5. The minimum atomic E-state index is -2.96. The number of thiophene rings is 1. The number of hydrogen-bond acceptors (Lipinski definition) is 10. The number of ether oxygens (including phenoxy) is 2. The average molecular weight is 730 g/mol. The molecule has 2 aromatic carbocycles. The molecule has 10 nitrogen and oxygen atoms in total. The van der Waals surface area contributed by atoms with Crippen molar-refractivity contribution in [1.82, 2.24) is 19.8 Å². The number of halogens is 5. The van der Waals surface area contributed by atoms with Crippen molar-refractivity contribution in [2.75, 3.05) is 57.0 Å². The number of likely N-dealkylation sites (tertiary alicyclic amines) is 2. The van der Waals surface area contributed by atoms with Crippen LogP contribution in [0.1, 0.15) is 31.7 Å². The predicted octanol–water partition coefficient (Wildman–Crippen LogP) is 5.83. The largest absolute Gasteiger partial charge is 0.459 e. The van der Waals surface area contributed by atoms with Crippen molar-refractivity contribution in [3.8, 4) is 23.2 Å². The summed E-state index contributed by atoms with van der Waals surface area (Å²) in [6, 6.07) is 6.12. The Bertz CT molecular complexity index is 2120. The number of nitrogens with two attached hydrogens (primary N) is 1. The lowest BCUT2D eigenvalue weighted by Crippen LogP contribution is -2.71. The maximum absolute atomic E-state index is 17.0. The average Bonchev–Trinajstić information content (AvgIpc) is 3.33. The van der Waals surface area contributed by atoms with Crippen LogP contribution in [0.25, 0.3) is 32.1 Å². The highest BCUT2D eigenvalue weighted by Gasteiger charge is 2.64. The van der Waals surface area contributed by atoms with Crippen molar-refractivity contribution in [2.24, 2.45) is 5.92 Å². The van der Waals surface area contributed by atoms with E-state index in [0.717, 1.165) is 30.7 Å². The Morgan fingerprint density at radius 1 is 1.24 bits per heavy atom. The molecular formula is C34H32ClF4N7O3S. The number of alkyl halides is 2. The lowest BCUT2D eigenvalue weighted by molar-refractivity contribution is -0.174. The van der Waals surface area contributed by atoms with E-state index in [1.807, 2.05) is 24.9 Å². The fraction of sp³-hybridized carbons (Fsp3) is 0.471. The lowest BCUT2D eigenvalue weighted by atomic mass is 9.91. The zero-order valence-electron chi connectivity index (χ0n) is 27.1. The smallest absolute Gasteiger partial charge is 0.319 e. The summed E-state index contributed by atoms with van der Waals surface area (Å²) in [5.74, 6) is -5.93. The number of likely N-dealkylation sites (N-methyl/N-ethyl adjacent to an activating group) is 1. The standard InChI is InChI=1S/C34H32ClF4N7O3S/c1-16(23-4-3-7-44(23)2)49-32-42-27-18(10-21(35)25(26(27)37)17-5-6-22(36)28-24(17)19(12-40)29(41)50-28)30(43-32)45-8-9-48-33(13-45)14-46(15-33)31(47)20-11-34(20,38)39/h5-6,10,16,20,23H,3-4,7-9,11,13-15,41H2,1-2H3/t16?,20?,23-/m0/s1. The van der Waals surface area contributed by atoms with Crippen LogP contribution in [-0.4, -0.2) is 95.7 Å². The van der Waals surface area contributed by atoms with E-state index in [4.69, 9.17) is 31.8 Å². The predicted molar refractivity (Wildman–Crippen MR) is 181 cm³/mol. The number of carbonyl (C=O) groups is 1. The Hall–Kier alpha value is -3.97. The number of morpholine rings is 1. The quantitative estimate of drug-likeness (QED) is 0.245. The molecule has 2 unspecified atom stereocenters. The topological polar surface area (TPSA) is 121 Å². The van der Waals surface area contributed by atoms with Gasteiger partial charge in [0.05, 0.1) is 41.5 Å². The van der Waals surface area contributed by atoms with Gasteiger partial charge in [0, 0.05) is 35.3 Å². The Kier molecular flexibility index (Phi) is 7.83. The molecule has 2 aromatic heterocycles. The molecule has 0 radical (unpaired) electrons. The molecule has 16 heteroatoms. The van der Waals surface area contributed by atoms with E-state index in [1.165, 1.54) is 23.1 Å². The molecule has 3 atom stereocenters. The van der Waals surface area contributed by atoms with Crippen molar-refractivity contribution < 1.29 is 31.8 Å². The second-order valence-electron chi connectivity index (χ2n) is 13.7. The molecule has 5 heterocycles. The lowest BCUT2D eigenvalue weighted by Gasteiger charge is -2.54. The summed E-state index contributed by atoms with van der Waals surface area (Å²) in [6.07, 6.45) is 1.13. The van der Waals surface area contributed by atoms with Crippen LogP contribution in [0.3, 0.4) is 0 Å². The molecular weight excluding hydrogens is 698 g/mol. The van der Waals surface area contributed by atoms with E-state index >= 15 is 4.39 Å². The monoisotopic (exact) mass is 729 g/mol. The number of amides is 1. The number of anilines is 2. The summed E-state index contributed by atoms with van der Waals surface area (Å²) in [4.78, 5) is 27.4. The number of aromatic nitrogens is 2. The van der Waals surface area contributed by atoms with Crippen LogP contribution in [0.15, 0.2) is 18.2 Å². The second-order valence-corrected chi connectivity index (χ2v) is 15.2. The van der Waals surface area contributed by atoms with E-state index in [-0.39, 0.29) is 92.1 Å². The molecule has 4 aliphatic rings. The molecule has 50 heavy (non-hydrogen) atoms. The van der Waals surface area contributed by atoms with Gasteiger partial charge >= 0.3 is 6.01 Å². The fourth-order valence-corrected chi connectivity index (χ4v) is 8.95. The van der Waals surface area contributed by atoms with Gasteiger partial charge in [0.15, 0.2) is 5.82 Å².